The Bertz CT molecular complexity index is 723. The fraction of sp³-hybridized carbons (Fsp3) is 0.647. The maximum atomic E-state index is 13.6. The molecule has 0 bridgehead atoms. The molecule has 0 amide bonds. The Morgan fingerprint density at radius 2 is 1.00 bits per heavy atom. The standard InChI is InChI=1S/C17H14BrF13/c18-11-7-5-10(6-8-11)4-2-1-3-9-12(19,20)13(21,22)14(23,24)15(25,26)16(27,28)17(29,30)31/h5-8H,1-4,9H2. The number of benzene rings is 1. The summed E-state index contributed by atoms with van der Waals surface area (Å²) >= 11 is 3.15. The molecular formula is C17H14BrF13. The van der Waals surface area contributed by atoms with E-state index in [0.29, 0.717) is 5.56 Å². The van der Waals surface area contributed by atoms with E-state index in [1.54, 1.807) is 24.3 Å². The molecule has 14 heteroatoms. The van der Waals surface area contributed by atoms with Crippen LogP contribution in [0.4, 0.5) is 57.1 Å². The first kappa shape index (κ1) is 27.8. The Kier molecular flexibility index (Phi) is 8.05. The molecule has 1 aromatic rings. The SMILES string of the molecule is FC(F)(F)C(F)(F)C(F)(F)C(F)(F)C(F)(F)C(F)(F)CCCCCc1ccc(Br)cc1. The average molecular weight is 545 g/mol. The van der Waals surface area contributed by atoms with Gasteiger partial charge in [-0.2, -0.15) is 57.1 Å². The molecule has 0 aliphatic rings. The smallest absolute Gasteiger partial charge is 0.200 e. The third-order valence-corrected chi connectivity index (χ3v) is 4.90. The van der Waals surface area contributed by atoms with Crippen LogP contribution in [0.1, 0.15) is 31.2 Å². The summed E-state index contributed by atoms with van der Waals surface area (Å²) in [6, 6.07) is 6.55. The van der Waals surface area contributed by atoms with Crippen LogP contribution in [-0.4, -0.2) is 35.8 Å². The molecule has 0 aliphatic carbocycles. The van der Waals surface area contributed by atoms with Crippen LogP contribution >= 0.6 is 15.9 Å². The Morgan fingerprint density at radius 3 is 1.45 bits per heavy atom. The third kappa shape index (κ3) is 5.24. The minimum atomic E-state index is -7.84. The first-order chi connectivity index (χ1) is 13.7. The summed E-state index contributed by atoms with van der Waals surface area (Å²) in [5.41, 5.74) is 0.709. The van der Waals surface area contributed by atoms with Gasteiger partial charge in [-0.15, -0.1) is 0 Å². The molecule has 0 atom stereocenters. The lowest BCUT2D eigenvalue weighted by molar-refractivity contribution is -0.440. The van der Waals surface area contributed by atoms with Crippen LogP contribution in [0.5, 0.6) is 0 Å². The highest BCUT2D eigenvalue weighted by molar-refractivity contribution is 9.10. The van der Waals surface area contributed by atoms with E-state index in [0.717, 1.165) is 4.47 Å². The molecule has 0 aliphatic heterocycles. The molecule has 1 aromatic carbocycles. The Balaban J connectivity index is 2.87. The van der Waals surface area contributed by atoms with Gasteiger partial charge in [0.05, 0.1) is 0 Å². The van der Waals surface area contributed by atoms with Crippen LogP contribution in [0.25, 0.3) is 0 Å². The first-order valence-electron chi connectivity index (χ1n) is 8.42. The largest absolute Gasteiger partial charge is 0.460 e. The van der Waals surface area contributed by atoms with Gasteiger partial charge in [0, 0.05) is 10.9 Å². The molecule has 0 nitrogen and oxygen atoms in total. The second-order valence-corrected chi connectivity index (χ2v) is 7.60. The second-order valence-electron chi connectivity index (χ2n) is 6.69. The molecule has 0 aromatic heterocycles. The van der Waals surface area contributed by atoms with Gasteiger partial charge >= 0.3 is 35.8 Å². The van der Waals surface area contributed by atoms with Gasteiger partial charge in [0.25, 0.3) is 0 Å². The van der Waals surface area contributed by atoms with Gasteiger partial charge in [-0.3, -0.25) is 0 Å². The van der Waals surface area contributed by atoms with Crippen LogP contribution in [0.3, 0.4) is 0 Å². The van der Waals surface area contributed by atoms with E-state index in [4.69, 9.17) is 0 Å². The lowest BCUT2D eigenvalue weighted by atomic mass is 9.91. The van der Waals surface area contributed by atoms with Gasteiger partial charge in [-0.05, 0) is 37.0 Å². The summed E-state index contributed by atoms with van der Waals surface area (Å²) < 4.78 is 169. The second kappa shape index (κ2) is 8.97. The molecule has 180 valence electrons. The minimum absolute atomic E-state index is 0.0992. The molecular weight excluding hydrogens is 531 g/mol. The Morgan fingerprint density at radius 1 is 0.548 bits per heavy atom. The summed E-state index contributed by atoms with van der Waals surface area (Å²) in [6.07, 6.45) is -10.3. The van der Waals surface area contributed by atoms with Crippen molar-refractivity contribution in [1.82, 2.24) is 0 Å². The molecule has 0 spiro atoms. The maximum absolute atomic E-state index is 13.6. The first-order valence-corrected chi connectivity index (χ1v) is 9.22. The highest BCUT2D eigenvalue weighted by Crippen LogP contribution is 2.60. The monoisotopic (exact) mass is 544 g/mol. The highest BCUT2D eigenvalue weighted by atomic mass is 79.9. The van der Waals surface area contributed by atoms with Crippen molar-refractivity contribution < 1.29 is 57.1 Å². The lowest BCUT2D eigenvalue weighted by Gasteiger charge is -2.39. The van der Waals surface area contributed by atoms with E-state index in [-0.39, 0.29) is 19.3 Å². The average Bonchev–Trinajstić information content (AvgIpc) is 2.61. The van der Waals surface area contributed by atoms with Crippen molar-refractivity contribution in [3.63, 3.8) is 0 Å². The van der Waals surface area contributed by atoms with E-state index in [1.165, 1.54) is 0 Å². The third-order valence-electron chi connectivity index (χ3n) is 4.37. The fourth-order valence-electron chi connectivity index (χ4n) is 2.46. The lowest BCUT2D eigenvalue weighted by Crippen LogP contribution is -2.70. The maximum Gasteiger partial charge on any atom is 0.460 e. The fourth-order valence-corrected chi connectivity index (χ4v) is 2.73. The van der Waals surface area contributed by atoms with Crippen molar-refractivity contribution in [1.29, 1.82) is 0 Å². The van der Waals surface area contributed by atoms with E-state index >= 15 is 0 Å². The molecule has 0 saturated carbocycles. The van der Waals surface area contributed by atoms with Crippen molar-refractivity contribution >= 4 is 15.9 Å². The van der Waals surface area contributed by atoms with Crippen molar-refractivity contribution in [2.24, 2.45) is 0 Å². The number of unbranched alkanes of at least 4 members (excludes halogenated alkanes) is 2. The van der Waals surface area contributed by atoms with Crippen LogP contribution in [0, 0.1) is 0 Å². The summed E-state index contributed by atoms with van der Waals surface area (Å²) in [5, 5.41) is 0. The topological polar surface area (TPSA) is 0 Å². The molecule has 0 saturated heterocycles. The van der Waals surface area contributed by atoms with Gasteiger partial charge < -0.3 is 0 Å². The number of hydrogen-bond donors (Lipinski definition) is 0. The summed E-state index contributed by atoms with van der Waals surface area (Å²) in [7, 11) is 0. The molecule has 0 fully saturated rings. The number of hydrogen-bond acceptors (Lipinski definition) is 0. The zero-order valence-corrected chi connectivity index (χ0v) is 16.7. The zero-order valence-electron chi connectivity index (χ0n) is 15.1. The Hall–Kier alpha value is -1.21. The predicted octanol–water partition coefficient (Wildman–Crippen LogP) is 8.29. The van der Waals surface area contributed by atoms with Gasteiger partial charge in [-0.1, -0.05) is 34.5 Å². The van der Waals surface area contributed by atoms with Gasteiger partial charge in [-0.25, -0.2) is 0 Å². The molecule has 0 radical (unpaired) electrons. The van der Waals surface area contributed by atoms with E-state index in [2.05, 4.69) is 15.9 Å². The van der Waals surface area contributed by atoms with E-state index in [9.17, 15) is 57.1 Å². The number of rotatable bonds is 10. The van der Waals surface area contributed by atoms with Gasteiger partial charge in [0.2, 0.25) is 0 Å². The quantitative estimate of drug-likeness (QED) is 0.205. The van der Waals surface area contributed by atoms with E-state index < -0.39 is 48.6 Å². The number of aryl methyl sites for hydroxylation is 1. The molecule has 0 N–H and O–H groups in total. The highest BCUT2D eigenvalue weighted by Gasteiger charge is 2.90. The molecule has 0 unspecified atom stereocenters. The van der Waals surface area contributed by atoms with Gasteiger partial charge in [0.1, 0.15) is 0 Å². The van der Waals surface area contributed by atoms with Crippen molar-refractivity contribution in [2.75, 3.05) is 0 Å². The minimum Gasteiger partial charge on any atom is -0.200 e. The van der Waals surface area contributed by atoms with Gasteiger partial charge in [0.15, 0.2) is 0 Å². The number of alkyl halides is 13. The van der Waals surface area contributed by atoms with Crippen LogP contribution in [0.15, 0.2) is 28.7 Å². The van der Waals surface area contributed by atoms with Crippen molar-refractivity contribution in [3.05, 3.63) is 34.3 Å². The predicted molar refractivity (Wildman–Crippen MR) is 87.1 cm³/mol. The summed E-state index contributed by atoms with van der Waals surface area (Å²) in [6.45, 7) is 0. The summed E-state index contributed by atoms with van der Waals surface area (Å²) in [5.74, 6) is -36.4. The zero-order chi connectivity index (χ0) is 24.5. The van der Waals surface area contributed by atoms with Crippen LogP contribution in [0.2, 0.25) is 0 Å². The molecule has 1 rings (SSSR count). The summed E-state index contributed by atoms with van der Waals surface area (Å²) in [4.78, 5) is 0. The van der Waals surface area contributed by atoms with Crippen LogP contribution < -0.4 is 0 Å². The van der Waals surface area contributed by atoms with Crippen molar-refractivity contribution in [2.45, 2.75) is 67.9 Å². The van der Waals surface area contributed by atoms with Crippen LogP contribution in [-0.2, 0) is 6.42 Å². The normalized spacial score (nSPS) is 14.8. The van der Waals surface area contributed by atoms with E-state index in [1.807, 2.05) is 0 Å². The molecule has 31 heavy (non-hydrogen) atoms. The Labute approximate surface area is 175 Å². The van der Waals surface area contributed by atoms with Crippen molar-refractivity contribution in [3.8, 4) is 0 Å². The molecule has 0 heterocycles. The number of halogens is 14.